The van der Waals surface area contributed by atoms with Gasteiger partial charge in [0.2, 0.25) is 0 Å². The van der Waals surface area contributed by atoms with Crippen molar-refractivity contribution in [2.45, 2.75) is 0 Å². The topological polar surface area (TPSA) is 104 Å². The second-order valence-electron chi connectivity index (χ2n) is 13.9. The van der Waals surface area contributed by atoms with Crippen molar-refractivity contribution in [1.29, 1.82) is 0 Å². The number of hydrogen-bond donors (Lipinski definition) is 0. The van der Waals surface area contributed by atoms with E-state index in [0.717, 1.165) is 104 Å². The Balaban J connectivity index is 1.21. The fraction of sp³-hybridized carbons (Fsp3) is 0. The van der Waals surface area contributed by atoms with Crippen LogP contribution in [0, 0.1) is 0 Å². The highest BCUT2D eigenvalue weighted by Gasteiger charge is 2.25. The predicted molar refractivity (Wildman–Crippen MR) is 222 cm³/mol. The molecule has 12 rings (SSSR count). The molecule has 0 aliphatic heterocycles. The van der Waals surface area contributed by atoms with Crippen molar-refractivity contribution in [3.63, 3.8) is 0 Å². The molecule has 0 amide bonds. The van der Waals surface area contributed by atoms with Gasteiger partial charge >= 0.3 is 0 Å². The molecule has 56 heavy (non-hydrogen) atoms. The number of benzene rings is 6. The van der Waals surface area contributed by atoms with E-state index in [1.165, 1.54) is 0 Å². The highest BCUT2D eigenvalue weighted by atomic mass is 16.3. The fourth-order valence-corrected chi connectivity index (χ4v) is 8.22. The number of furan rings is 2. The molecule has 0 radical (unpaired) electrons. The van der Waals surface area contributed by atoms with E-state index in [9.17, 15) is 0 Å². The van der Waals surface area contributed by atoms with Crippen LogP contribution in [0.25, 0.3) is 122 Å². The van der Waals surface area contributed by atoms with Gasteiger partial charge in [-0.1, -0.05) is 84.9 Å². The number of para-hydroxylation sites is 2. The third kappa shape index (κ3) is 4.53. The van der Waals surface area contributed by atoms with E-state index in [-0.39, 0.29) is 0 Å². The van der Waals surface area contributed by atoms with Crippen LogP contribution in [0.5, 0.6) is 0 Å². The van der Waals surface area contributed by atoms with Gasteiger partial charge < -0.3 is 8.83 Å². The summed E-state index contributed by atoms with van der Waals surface area (Å²) in [5.41, 5.74) is 8.35. The maximum Gasteiger partial charge on any atom is 0.165 e. The molecular weight excluding hydrogens is 693 g/mol. The molecule has 8 nitrogen and oxygen atoms in total. The van der Waals surface area contributed by atoms with Gasteiger partial charge in [0, 0.05) is 68.6 Å². The van der Waals surface area contributed by atoms with Gasteiger partial charge in [-0.25, -0.2) is 19.9 Å². The number of rotatable bonds is 4. The van der Waals surface area contributed by atoms with E-state index in [0.29, 0.717) is 17.5 Å². The van der Waals surface area contributed by atoms with Gasteiger partial charge in [0.25, 0.3) is 0 Å². The van der Waals surface area contributed by atoms with Gasteiger partial charge in [0.05, 0.1) is 16.6 Å². The lowest BCUT2D eigenvalue weighted by atomic mass is 9.88. The standard InChI is InChI=1S/C48H26N6O2/c1-3-16-32-30(14-1)41(31-15-2-4-17-33(31)42(32)48-53-46(27-11-9-21-49-25-27)52-47(54-48)28-12-10-22-50-26-28)44-43-34-18-6-8-20-39(34)56-45(43)36-24-40-35(23-37(36)51-44)29-13-5-7-19-38(29)55-40/h1-26H. The minimum atomic E-state index is 0.528. The summed E-state index contributed by atoms with van der Waals surface area (Å²) in [5.74, 6) is 1.61. The van der Waals surface area contributed by atoms with Crippen LogP contribution >= 0.6 is 0 Å². The highest BCUT2D eigenvalue weighted by molar-refractivity contribution is 6.28. The maximum absolute atomic E-state index is 6.76. The zero-order chi connectivity index (χ0) is 36.7. The van der Waals surface area contributed by atoms with E-state index in [1.54, 1.807) is 24.8 Å². The smallest absolute Gasteiger partial charge is 0.165 e. The minimum absolute atomic E-state index is 0.528. The van der Waals surface area contributed by atoms with Crippen molar-refractivity contribution >= 4 is 76.3 Å². The monoisotopic (exact) mass is 718 g/mol. The first-order valence-electron chi connectivity index (χ1n) is 18.3. The summed E-state index contributed by atoms with van der Waals surface area (Å²) in [6.45, 7) is 0. The van der Waals surface area contributed by atoms with E-state index in [2.05, 4.69) is 82.8 Å². The Hall–Kier alpha value is -7.84. The second kappa shape index (κ2) is 11.8. The first-order chi connectivity index (χ1) is 27.8. The molecule has 8 heteroatoms. The average molecular weight is 719 g/mol. The van der Waals surface area contributed by atoms with Crippen molar-refractivity contribution in [3.8, 4) is 45.4 Å². The average Bonchev–Trinajstić information content (AvgIpc) is 3.84. The first-order valence-corrected chi connectivity index (χ1v) is 18.3. The summed E-state index contributed by atoms with van der Waals surface area (Å²) in [7, 11) is 0. The molecule has 0 bridgehead atoms. The lowest BCUT2D eigenvalue weighted by Crippen LogP contribution is -2.02. The van der Waals surface area contributed by atoms with Crippen LogP contribution in [0.1, 0.15) is 0 Å². The molecule has 6 heterocycles. The summed E-state index contributed by atoms with van der Waals surface area (Å²) in [5, 5.41) is 8.90. The Bertz CT molecular complexity index is 3430. The molecule has 0 atom stereocenters. The Morgan fingerprint density at radius 1 is 0.375 bits per heavy atom. The summed E-state index contributed by atoms with van der Waals surface area (Å²) in [4.78, 5) is 29.5. The lowest BCUT2D eigenvalue weighted by molar-refractivity contribution is 0.666. The van der Waals surface area contributed by atoms with Crippen LogP contribution in [0.15, 0.2) is 167 Å². The van der Waals surface area contributed by atoms with Crippen LogP contribution in [0.2, 0.25) is 0 Å². The van der Waals surface area contributed by atoms with Crippen LogP contribution < -0.4 is 0 Å². The van der Waals surface area contributed by atoms with Crippen molar-refractivity contribution in [1.82, 2.24) is 29.9 Å². The van der Waals surface area contributed by atoms with Crippen LogP contribution in [0.3, 0.4) is 0 Å². The molecule has 0 spiro atoms. The van der Waals surface area contributed by atoms with Crippen LogP contribution in [-0.4, -0.2) is 29.9 Å². The van der Waals surface area contributed by atoms with Gasteiger partial charge in [-0.3, -0.25) is 9.97 Å². The summed E-state index contributed by atoms with van der Waals surface area (Å²) in [6.07, 6.45) is 7.04. The quantitative estimate of drug-likeness (QED) is 0.166. The number of fused-ring (bicyclic) bond motifs is 10. The van der Waals surface area contributed by atoms with Crippen molar-refractivity contribution in [3.05, 3.63) is 158 Å². The van der Waals surface area contributed by atoms with Crippen molar-refractivity contribution in [2.75, 3.05) is 0 Å². The molecule has 0 aliphatic rings. The van der Waals surface area contributed by atoms with E-state index in [4.69, 9.17) is 28.8 Å². The molecule has 260 valence electrons. The van der Waals surface area contributed by atoms with E-state index >= 15 is 0 Å². The van der Waals surface area contributed by atoms with Gasteiger partial charge in [0.15, 0.2) is 17.5 Å². The van der Waals surface area contributed by atoms with Gasteiger partial charge in [-0.05, 0) is 70.1 Å². The Labute approximate surface area is 317 Å². The maximum atomic E-state index is 6.76. The molecule has 6 aromatic carbocycles. The second-order valence-corrected chi connectivity index (χ2v) is 13.9. The van der Waals surface area contributed by atoms with Gasteiger partial charge in [-0.15, -0.1) is 0 Å². The summed E-state index contributed by atoms with van der Waals surface area (Å²) >= 11 is 0. The fourth-order valence-electron chi connectivity index (χ4n) is 8.22. The number of pyridine rings is 3. The molecule has 0 unspecified atom stereocenters. The SMILES string of the molecule is c1cncc(-c2nc(-c3cccnc3)nc(-c3c4ccccc4c(-c4nc5cc6c(cc5c5oc7ccccc7c45)oc4ccccc46)c4ccccc34)n2)c1. The lowest BCUT2D eigenvalue weighted by Gasteiger charge is -2.18. The van der Waals surface area contributed by atoms with Gasteiger partial charge in [0.1, 0.15) is 22.3 Å². The molecule has 0 aliphatic carbocycles. The summed E-state index contributed by atoms with van der Waals surface area (Å²) < 4.78 is 13.1. The van der Waals surface area contributed by atoms with E-state index in [1.807, 2.05) is 60.7 Å². The molecular formula is C48H26N6O2. The number of aromatic nitrogens is 6. The van der Waals surface area contributed by atoms with Crippen LogP contribution in [-0.2, 0) is 0 Å². The Morgan fingerprint density at radius 2 is 0.911 bits per heavy atom. The molecule has 0 saturated carbocycles. The van der Waals surface area contributed by atoms with Crippen molar-refractivity contribution in [2.24, 2.45) is 0 Å². The highest BCUT2D eigenvalue weighted by Crippen LogP contribution is 2.48. The number of nitrogens with zero attached hydrogens (tertiary/aromatic N) is 6. The molecule has 6 aromatic heterocycles. The number of hydrogen-bond acceptors (Lipinski definition) is 8. The Morgan fingerprint density at radius 3 is 1.52 bits per heavy atom. The zero-order valence-electron chi connectivity index (χ0n) is 29.5. The third-order valence-electron chi connectivity index (χ3n) is 10.7. The van der Waals surface area contributed by atoms with Gasteiger partial charge in [-0.2, -0.15) is 0 Å². The molecule has 0 saturated heterocycles. The molecule has 12 aromatic rings. The predicted octanol–water partition coefficient (Wildman–Crippen LogP) is 12.0. The van der Waals surface area contributed by atoms with Crippen molar-refractivity contribution < 1.29 is 8.83 Å². The largest absolute Gasteiger partial charge is 0.456 e. The third-order valence-corrected chi connectivity index (χ3v) is 10.7. The Kier molecular flexibility index (Phi) is 6.47. The zero-order valence-corrected chi connectivity index (χ0v) is 29.5. The minimum Gasteiger partial charge on any atom is -0.456 e. The normalized spacial score (nSPS) is 11.9. The summed E-state index contributed by atoms with van der Waals surface area (Å²) in [6, 6.07) is 45.1. The first kappa shape index (κ1) is 30.6. The van der Waals surface area contributed by atoms with E-state index < -0.39 is 0 Å². The molecule has 0 fully saturated rings. The molecule has 0 N–H and O–H groups in total. The van der Waals surface area contributed by atoms with Crippen LogP contribution in [0.4, 0.5) is 0 Å².